The molecule has 0 unspecified atom stereocenters. The maximum Gasteiger partial charge on any atom is 0.231 e. The van der Waals surface area contributed by atoms with Gasteiger partial charge in [-0.2, -0.15) is 0 Å². The molecule has 0 radical (unpaired) electrons. The van der Waals surface area contributed by atoms with Crippen molar-refractivity contribution in [1.82, 2.24) is 15.0 Å². The van der Waals surface area contributed by atoms with Crippen molar-refractivity contribution in [3.05, 3.63) is 22.7 Å². The van der Waals surface area contributed by atoms with Crippen LogP contribution < -0.4 is 20.5 Å². The number of nitrogens with one attached hydrogen (secondary N) is 1. The number of benzene rings is 1. The highest BCUT2D eigenvalue weighted by atomic mass is 35.5. The fourth-order valence-electron chi connectivity index (χ4n) is 3.14. The molecule has 3 aromatic rings. The Kier molecular flexibility index (Phi) is 6.37. The van der Waals surface area contributed by atoms with Gasteiger partial charge in [0.2, 0.25) is 6.79 Å². The van der Waals surface area contributed by atoms with Crippen LogP contribution in [0.4, 0.5) is 10.9 Å². The summed E-state index contributed by atoms with van der Waals surface area (Å²) in [6, 6.07) is 3.52. The van der Waals surface area contributed by atoms with Gasteiger partial charge in [0, 0.05) is 16.8 Å². The van der Waals surface area contributed by atoms with Crippen molar-refractivity contribution in [2.24, 2.45) is 5.92 Å². The van der Waals surface area contributed by atoms with Crippen LogP contribution in [0.2, 0.25) is 5.02 Å². The van der Waals surface area contributed by atoms with E-state index in [1.165, 1.54) is 23.1 Å². The van der Waals surface area contributed by atoms with Crippen molar-refractivity contribution in [3.8, 4) is 11.5 Å². The van der Waals surface area contributed by atoms with E-state index in [4.69, 9.17) is 26.8 Å². The van der Waals surface area contributed by atoms with E-state index in [0.717, 1.165) is 16.7 Å². The molecule has 0 fully saturated rings. The van der Waals surface area contributed by atoms with Crippen molar-refractivity contribution < 1.29 is 14.6 Å². The van der Waals surface area contributed by atoms with Crippen LogP contribution in [0.3, 0.4) is 0 Å². The molecule has 160 valence electrons. The molecule has 0 amide bonds. The Hall–Kier alpha value is -2.01. The summed E-state index contributed by atoms with van der Waals surface area (Å²) in [4.78, 5) is 13.5. The monoisotopic (exact) mass is 467 g/mol. The third-order valence-electron chi connectivity index (χ3n) is 4.47. The molecule has 0 saturated heterocycles. The molecule has 30 heavy (non-hydrogen) atoms. The van der Waals surface area contributed by atoms with Gasteiger partial charge in [0.25, 0.3) is 0 Å². The molecule has 0 bridgehead atoms. The molecule has 3 heterocycles. The summed E-state index contributed by atoms with van der Waals surface area (Å²) in [5.41, 5.74) is 7.34. The van der Waals surface area contributed by atoms with Crippen LogP contribution in [0, 0.1) is 5.92 Å². The molecule has 4 N–H and O–H groups in total. The normalized spacial score (nSPS) is 13.9. The molecular weight excluding hydrogens is 446 g/mol. The summed E-state index contributed by atoms with van der Waals surface area (Å²) in [7, 11) is 0. The lowest BCUT2D eigenvalue weighted by Gasteiger charge is -2.19. The first-order valence-corrected chi connectivity index (χ1v) is 11.6. The molecule has 8 nitrogen and oxygen atoms in total. The van der Waals surface area contributed by atoms with E-state index in [1.54, 1.807) is 6.07 Å². The number of fused-ring (bicyclic) bond motifs is 2. The Morgan fingerprint density at radius 1 is 1.27 bits per heavy atom. The fraction of sp³-hybridized carbons (Fsp3) is 0.421. The van der Waals surface area contributed by atoms with E-state index in [9.17, 15) is 5.11 Å². The molecule has 0 aliphatic carbocycles. The summed E-state index contributed by atoms with van der Waals surface area (Å²) in [6.07, 6.45) is 0.811. The first-order chi connectivity index (χ1) is 14.4. The molecule has 1 aromatic carbocycles. The first kappa shape index (κ1) is 21.2. The minimum absolute atomic E-state index is 0.00719. The molecular formula is C19H22ClN5O3S2. The predicted octanol–water partition coefficient (Wildman–Crippen LogP) is 4.16. The second-order valence-electron chi connectivity index (χ2n) is 7.30. The van der Waals surface area contributed by atoms with E-state index >= 15 is 0 Å². The second-order valence-corrected chi connectivity index (χ2v) is 9.68. The average Bonchev–Trinajstić information content (AvgIpc) is 3.30. The molecule has 4 rings (SSSR count). The van der Waals surface area contributed by atoms with Gasteiger partial charge in [0.15, 0.2) is 33.3 Å². The minimum atomic E-state index is -0.118. The Morgan fingerprint density at radius 3 is 2.77 bits per heavy atom. The molecule has 11 heteroatoms. The summed E-state index contributed by atoms with van der Waals surface area (Å²) in [6.45, 7) is 4.43. The highest BCUT2D eigenvalue weighted by molar-refractivity contribution is 7.98. The summed E-state index contributed by atoms with van der Waals surface area (Å²) in [5.74, 6) is 2.94. The number of nitrogen functional groups attached to an aromatic ring is 1. The molecule has 1 atom stereocenters. The van der Waals surface area contributed by atoms with Crippen molar-refractivity contribution in [2.45, 2.75) is 37.2 Å². The van der Waals surface area contributed by atoms with Gasteiger partial charge in [-0.25, -0.2) is 15.0 Å². The maximum atomic E-state index is 9.76. The molecule has 2 aromatic heterocycles. The number of anilines is 2. The summed E-state index contributed by atoms with van der Waals surface area (Å²) >= 11 is 9.15. The SMILES string of the molecule is CC(C)C[C@H](CO)Nc1nc(SCc2cc3c(cc2Cl)OCO3)nc2nc(N)sc12. The number of nitrogens with zero attached hydrogens (tertiary/aromatic N) is 3. The maximum absolute atomic E-state index is 9.76. The number of aliphatic hydroxyl groups is 1. The Bertz CT molecular complexity index is 1060. The van der Waals surface area contributed by atoms with Crippen LogP contribution in [-0.2, 0) is 5.75 Å². The van der Waals surface area contributed by atoms with Gasteiger partial charge >= 0.3 is 0 Å². The Morgan fingerprint density at radius 2 is 2.03 bits per heavy atom. The second kappa shape index (κ2) is 9.01. The number of hydrogen-bond acceptors (Lipinski definition) is 10. The van der Waals surface area contributed by atoms with E-state index in [-0.39, 0.29) is 19.4 Å². The molecule has 1 aliphatic rings. The number of thiazole rings is 1. The van der Waals surface area contributed by atoms with Crippen molar-refractivity contribution >= 4 is 56.0 Å². The van der Waals surface area contributed by atoms with Crippen LogP contribution in [0.15, 0.2) is 17.3 Å². The third-order valence-corrected chi connectivity index (χ3v) is 6.59. The average molecular weight is 468 g/mol. The van der Waals surface area contributed by atoms with Gasteiger partial charge < -0.3 is 25.6 Å². The molecule has 0 spiro atoms. The number of thioether (sulfide) groups is 1. The Labute approximate surface area is 187 Å². The lowest BCUT2D eigenvalue weighted by atomic mass is 10.0. The number of aromatic nitrogens is 3. The van der Waals surface area contributed by atoms with Crippen LogP contribution >= 0.6 is 34.7 Å². The quantitative estimate of drug-likeness (QED) is 0.331. The number of nitrogens with two attached hydrogens (primary N) is 1. The van der Waals surface area contributed by atoms with Crippen LogP contribution in [0.25, 0.3) is 10.3 Å². The first-order valence-electron chi connectivity index (χ1n) is 9.45. The minimum Gasteiger partial charge on any atom is -0.454 e. The highest BCUT2D eigenvalue weighted by Gasteiger charge is 2.19. The third kappa shape index (κ3) is 4.66. The number of hydrogen-bond donors (Lipinski definition) is 3. The van der Waals surface area contributed by atoms with Gasteiger partial charge in [-0.05, 0) is 24.0 Å². The largest absolute Gasteiger partial charge is 0.454 e. The lowest BCUT2D eigenvalue weighted by Crippen LogP contribution is -2.26. The van der Waals surface area contributed by atoms with Crippen LogP contribution in [0.1, 0.15) is 25.8 Å². The predicted molar refractivity (Wildman–Crippen MR) is 121 cm³/mol. The van der Waals surface area contributed by atoms with Gasteiger partial charge in [-0.15, -0.1) is 0 Å². The van der Waals surface area contributed by atoms with Crippen molar-refractivity contribution in [1.29, 1.82) is 0 Å². The van der Waals surface area contributed by atoms with Crippen LogP contribution in [-0.4, -0.2) is 39.5 Å². The van der Waals surface area contributed by atoms with Crippen molar-refractivity contribution in [2.75, 3.05) is 24.5 Å². The van der Waals surface area contributed by atoms with Gasteiger partial charge in [0.1, 0.15) is 4.70 Å². The van der Waals surface area contributed by atoms with Crippen molar-refractivity contribution in [3.63, 3.8) is 0 Å². The summed E-state index contributed by atoms with van der Waals surface area (Å²) in [5, 5.41) is 14.7. The number of ether oxygens (including phenoxy) is 2. The van der Waals surface area contributed by atoms with Crippen LogP contribution in [0.5, 0.6) is 11.5 Å². The van der Waals surface area contributed by atoms with E-state index in [1.807, 2.05) is 6.07 Å². The Balaban J connectivity index is 1.58. The zero-order chi connectivity index (χ0) is 21.3. The van der Waals surface area contributed by atoms with Gasteiger partial charge in [0.05, 0.1) is 12.6 Å². The van der Waals surface area contributed by atoms with E-state index < -0.39 is 0 Å². The van der Waals surface area contributed by atoms with E-state index in [0.29, 0.717) is 49.9 Å². The van der Waals surface area contributed by atoms with E-state index in [2.05, 4.69) is 34.1 Å². The zero-order valence-electron chi connectivity index (χ0n) is 16.5. The standard InChI is InChI=1S/C19H22ClN5O3S2/c1-9(2)3-11(6-26)22-16-15-17(23-18(21)30-15)25-19(24-16)29-7-10-4-13-14(5-12(10)20)28-8-27-13/h4-5,9,11,26H,3,6-8H2,1-2H3,(H3,21,22,23,24,25)/t11-/m1/s1. The molecule has 0 saturated carbocycles. The smallest absolute Gasteiger partial charge is 0.231 e. The number of rotatable bonds is 8. The number of aliphatic hydroxyl groups excluding tert-OH is 1. The zero-order valence-corrected chi connectivity index (χ0v) is 18.9. The highest BCUT2D eigenvalue weighted by Crippen LogP contribution is 2.39. The summed E-state index contributed by atoms with van der Waals surface area (Å²) < 4.78 is 11.6. The van der Waals surface area contributed by atoms with Gasteiger partial charge in [-0.3, -0.25) is 0 Å². The lowest BCUT2D eigenvalue weighted by molar-refractivity contribution is 0.174. The number of halogens is 1. The fourth-order valence-corrected chi connectivity index (χ4v) is 4.99. The molecule has 1 aliphatic heterocycles. The topological polar surface area (TPSA) is 115 Å². The van der Waals surface area contributed by atoms with Gasteiger partial charge in [-0.1, -0.05) is 48.5 Å².